The molecule has 0 N–H and O–H groups in total. The van der Waals surface area contributed by atoms with Crippen LogP contribution in [0.4, 0.5) is 0 Å². The van der Waals surface area contributed by atoms with Crippen LogP contribution in [0.25, 0.3) is 0 Å². The van der Waals surface area contributed by atoms with Crippen LogP contribution in [0.3, 0.4) is 0 Å². The summed E-state index contributed by atoms with van der Waals surface area (Å²) in [6.45, 7) is 2.26. The molecule has 0 fully saturated rings. The smallest absolute Gasteiger partial charge is 0.0903 e. The molecule has 0 unspecified atom stereocenters. The Morgan fingerprint density at radius 3 is 1.32 bits per heavy atom. The fraction of sp³-hybridized carbons (Fsp3) is 0.938. The zero-order valence-electron chi connectivity index (χ0n) is 12.7. The second kappa shape index (κ2) is 17.8. The number of aliphatic carboxylic acids is 1. The average molecular weight is 293 g/mol. The van der Waals surface area contributed by atoms with Crippen molar-refractivity contribution in [1.82, 2.24) is 0 Å². The SMILES string of the molecule is CCCCCCCCCCCCCCCC(=O)[O-].[ClH2+]. The number of halogens is 1. The van der Waals surface area contributed by atoms with Crippen LogP contribution in [0, 0.1) is 12.4 Å². The van der Waals surface area contributed by atoms with Gasteiger partial charge in [-0.25, -0.2) is 0 Å². The molecule has 116 valence electrons. The van der Waals surface area contributed by atoms with Crippen molar-refractivity contribution in [2.45, 2.75) is 96.8 Å². The van der Waals surface area contributed by atoms with Gasteiger partial charge in [-0.05, 0) is 12.8 Å². The summed E-state index contributed by atoms with van der Waals surface area (Å²) in [5.41, 5.74) is 0. The normalized spacial score (nSPS) is 10.2. The lowest BCUT2D eigenvalue weighted by Gasteiger charge is -2.03. The van der Waals surface area contributed by atoms with Crippen LogP contribution < -0.4 is 5.11 Å². The molecule has 0 atom stereocenters. The molecule has 0 heterocycles. The summed E-state index contributed by atoms with van der Waals surface area (Å²) < 4.78 is 0. The van der Waals surface area contributed by atoms with Gasteiger partial charge in [0.05, 0.1) is 12.4 Å². The van der Waals surface area contributed by atoms with Crippen molar-refractivity contribution in [3.05, 3.63) is 0 Å². The molecular formula is C16H33ClO2. The number of carbonyl (C=O) groups excluding carboxylic acids is 1. The quantitative estimate of drug-likeness (QED) is 0.458. The minimum atomic E-state index is -0.905. The monoisotopic (exact) mass is 292 g/mol. The van der Waals surface area contributed by atoms with E-state index in [4.69, 9.17) is 0 Å². The second-order valence-electron chi connectivity index (χ2n) is 5.36. The topological polar surface area (TPSA) is 40.1 Å². The number of carboxylic acids is 1. The first kappa shape index (κ1) is 21.1. The molecular weight excluding hydrogens is 260 g/mol. The summed E-state index contributed by atoms with van der Waals surface area (Å²) in [7, 11) is 0. The van der Waals surface area contributed by atoms with Crippen LogP contribution in [0.2, 0.25) is 0 Å². The number of carboxylic acid groups (broad SMARTS) is 1. The Hall–Kier alpha value is -0.240. The maximum absolute atomic E-state index is 10.2. The molecule has 0 radical (unpaired) electrons. The lowest BCUT2D eigenvalue weighted by Crippen LogP contribution is -2.21. The van der Waals surface area contributed by atoms with Crippen LogP contribution in [0.15, 0.2) is 0 Å². The highest BCUT2D eigenvalue weighted by Gasteiger charge is 1.93. The van der Waals surface area contributed by atoms with E-state index in [9.17, 15) is 9.90 Å². The lowest BCUT2D eigenvalue weighted by molar-refractivity contribution is -0.305. The fourth-order valence-electron chi connectivity index (χ4n) is 2.29. The van der Waals surface area contributed by atoms with Gasteiger partial charge < -0.3 is 9.90 Å². The molecule has 19 heavy (non-hydrogen) atoms. The van der Waals surface area contributed by atoms with Crippen molar-refractivity contribution in [3.63, 3.8) is 0 Å². The molecule has 0 saturated carbocycles. The van der Waals surface area contributed by atoms with E-state index in [-0.39, 0.29) is 18.8 Å². The van der Waals surface area contributed by atoms with Gasteiger partial charge >= 0.3 is 0 Å². The number of unbranched alkanes of at least 4 members (excludes halogenated alkanes) is 12. The zero-order valence-corrected chi connectivity index (χ0v) is 13.6. The summed E-state index contributed by atoms with van der Waals surface area (Å²) in [6.07, 6.45) is 16.9. The van der Waals surface area contributed by atoms with Crippen LogP contribution in [-0.4, -0.2) is 5.97 Å². The molecule has 2 nitrogen and oxygen atoms in total. The third-order valence-electron chi connectivity index (χ3n) is 3.48. The van der Waals surface area contributed by atoms with E-state index in [1.165, 1.54) is 70.6 Å². The summed E-state index contributed by atoms with van der Waals surface area (Å²) in [6, 6.07) is 0. The van der Waals surface area contributed by atoms with Crippen LogP contribution in [0.5, 0.6) is 0 Å². The highest BCUT2D eigenvalue weighted by Crippen LogP contribution is 2.12. The van der Waals surface area contributed by atoms with E-state index < -0.39 is 5.97 Å². The van der Waals surface area contributed by atoms with Gasteiger partial charge in [0.2, 0.25) is 0 Å². The van der Waals surface area contributed by atoms with Crippen molar-refractivity contribution in [2.75, 3.05) is 0 Å². The Bertz CT molecular complexity index is 184. The third-order valence-corrected chi connectivity index (χ3v) is 3.48. The average Bonchev–Trinajstić information content (AvgIpc) is 2.34. The van der Waals surface area contributed by atoms with Crippen molar-refractivity contribution in [2.24, 2.45) is 0 Å². The van der Waals surface area contributed by atoms with Crippen LogP contribution in [0.1, 0.15) is 96.8 Å². The molecule has 0 amide bonds. The zero-order chi connectivity index (χ0) is 13.5. The second-order valence-corrected chi connectivity index (χ2v) is 5.36. The van der Waals surface area contributed by atoms with Crippen LogP contribution in [-0.2, 0) is 4.79 Å². The van der Waals surface area contributed by atoms with Gasteiger partial charge in [0.1, 0.15) is 0 Å². The van der Waals surface area contributed by atoms with Crippen LogP contribution >= 0.6 is 0 Å². The summed E-state index contributed by atoms with van der Waals surface area (Å²) >= 11 is 0. The molecule has 0 rings (SSSR count). The first-order chi connectivity index (χ1) is 8.77. The molecule has 3 heteroatoms. The Balaban J connectivity index is 0. The van der Waals surface area contributed by atoms with Crippen molar-refractivity contribution in [3.8, 4) is 0 Å². The fourth-order valence-corrected chi connectivity index (χ4v) is 2.29. The molecule has 0 aliphatic rings. The Kier molecular flexibility index (Phi) is 19.7. The minimum absolute atomic E-state index is 0. The summed E-state index contributed by atoms with van der Waals surface area (Å²) in [5.74, 6) is -0.905. The number of rotatable bonds is 14. The predicted molar refractivity (Wildman–Crippen MR) is 78.1 cm³/mol. The predicted octanol–water partition coefficient (Wildman–Crippen LogP) is 3.68. The summed E-state index contributed by atoms with van der Waals surface area (Å²) in [5, 5.41) is 10.2. The lowest BCUT2D eigenvalue weighted by atomic mass is 10.0. The van der Waals surface area contributed by atoms with E-state index in [0.29, 0.717) is 0 Å². The van der Waals surface area contributed by atoms with Gasteiger partial charge in [-0.2, -0.15) is 0 Å². The minimum Gasteiger partial charge on any atom is -0.550 e. The molecule has 0 bridgehead atoms. The Morgan fingerprint density at radius 2 is 1.00 bits per heavy atom. The van der Waals surface area contributed by atoms with Gasteiger partial charge in [0, 0.05) is 5.97 Å². The molecule has 0 spiro atoms. The van der Waals surface area contributed by atoms with Gasteiger partial charge in [-0.15, -0.1) is 0 Å². The Labute approximate surface area is 125 Å². The molecule has 0 aliphatic carbocycles. The van der Waals surface area contributed by atoms with Crippen molar-refractivity contribution in [1.29, 1.82) is 0 Å². The van der Waals surface area contributed by atoms with Crippen molar-refractivity contribution < 1.29 is 22.3 Å². The third kappa shape index (κ3) is 20.2. The van der Waals surface area contributed by atoms with Gasteiger partial charge in [0.25, 0.3) is 0 Å². The first-order valence-corrected chi connectivity index (χ1v) is 7.97. The molecule has 0 aromatic carbocycles. The highest BCUT2D eigenvalue weighted by atomic mass is 35.5. The highest BCUT2D eigenvalue weighted by molar-refractivity contribution is 5.63. The van der Waals surface area contributed by atoms with E-state index >= 15 is 0 Å². The first-order valence-electron chi connectivity index (χ1n) is 7.97. The van der Waals surface area contributed by atoms with E-state index in [1.807, 2.05) is 0 Å². The standard InChI is InChI=1S/C16H32O2.ClH2/c1-2-3-4-5-6-7-8-9-10-11-12-13-14-15-16(17)18;/h2-15H2,1H3,(H,17,18);1H2/q;+1/p-1. The molecule has 0 aliphatic heterocycles. The molecule has 0 aromatic heterocycles. The van der Waals surface area contributed by atoms with Gasteiger partial charge in [-0.3, -0.25) is 0 Å². The molecule has 0 saturated heterocycles. The number of hydrogen-bond donors (Lipinski definition) is 0. The maximum Gasteiger partial charge on any atom is 0.0903 e. The Morgan fingerprint density at radius 1 is 0.684 bits per heavy atom. The van der Waals surface area contributed by atoms with E-state index in [1.54, 1.807) is 0 Å². The number of hydrogen-bond acceptors (Lipinski definition) is 2. The van der Waals surface area contributed by atoms with E-state index in [0.717, 1.165) is 12.8 Å². The van der Waals surface area contributed by atoms with Gasteiger partial charge in [0.15, 0.2) is 0 Å². The van der Waals surface area contributed by atoms with Gasteiger partial charge in [-0.1, -0.05) is 84.0 Å². The molecule has 0 aromatic rings. The maximum atomic E-state index is 10.2. The van der Waals surface area contributed by atoms with E-state index in [2.05, 4.69) is 6.92 Å². The van der Waals surface area contributed by atoms with Crippen molar-refractivity contribution >= 4 is 5.97 Å². The summed E-state index contributed by atoms with van der Waals surface area (Å²) in [4.78, 5) is 10.2. The largest absolute Gasteiger partial charge is 0.550 e. The number of carbonyl (C=O) groups is 1.